The summed E-state index contributed by atoms with van der Waals surface area (Å²) in [6.07, 6.45) is 3.37. The molecule has 2 aliphatic heterocycles. The van der Waals surface area contributed by atoms with Gasteiger partial charge in [0, 0.05) is 6.54 Å². The molecule has 2 atom stereocenters. The number of rotatable bonds is 4. The van der Waals surface area contributed by atoms with Gasteiger partial charge >= 0.3 is 0 Å². The molecule has 0 spiro atoms. The fourth-order valence-electron chi connectivity index (χ4n) is 2.91. The van der Waals surface area contributed by atoms with Crippen molar-refractivity contribution in [3.8, 4) is 0 Å². The van der Waals surface area contributed by atoms with Crippen molar-refractivity contribution in [3.63, 3.8) is 0 Å². The van der Waals surface area contributed by atoms with E-state index >= 15 is 0 Å². The molecule has 0 aliphatic carbocycles. The van der Waals surface area contributed by atoms with Crippen LogP contribution in [0, 0.1) is 11.8 Å². The van der Waals surface area contributed by atoms with Gasteiger partial charge < -0.3 is 10.6 Å². The largest absolute Gasteiger partial charge is 0.330 e. The van der Waals surface area contributed by atoms with E-state index in [9.17, 15) is 8.42 Å². The molecule has 0 aromatic carbocycles. The maximum absolute atomic E-state index is 11.4. The van der Waals surface area contributed by atoms with Gasteiger partial charge in [0.1, 0.15) is 0 Å². The van der Waals surface area contributed by atoms with E-state index in [0.717, 1.165) is 26.1 Å². The first kappa shape index (κ1) is 12.3. The van der Waals surface area contributed by atoms with Gasteiger partial charge in [-0.1, -0.05) is 0 Å². The molecule has 94 valence electrons. The van der Waals surface area contributed by atoms with E-state index in [4.69, 9.17) is 5.73 Å². The van der Waals surface area contributed by atoms with Crippen LogP contribution >= 0.6 is 0 Å². The lowest BCUT2D eigenvalue weighted by Crippen LogP contribution is -2.36. The Morgan fingerprint density at radius 1 is 1.31 bits per heavy atom. The van der Waals surface area contributed by atoms with E-state index in [-0.39, 0.29) is 0 Å². The molecule has 0 radical (unpaired) electrons. The highest BCUT2D eigenvalue weighted by molar-refractivity contribution is 7.91. The van der Waals surface area contributed by atoms with Crippen LogP contribution in [0.2, 0.25) is 0 Å². The number of nitrogens with zero attached hydrogens (tertiary/aromatic N) is 1. The molecule has 5 heteroatoms. The molecule has 0 amide bonds. The Morgan fingerprint density at radius 3 is 2.50 bits per heavy atom. The second kappa shape index (κ2) is 5.02. The third-order valence-electron chi connectivity index (χ3n) is 3.93. The van der Waals surface area contributed by atoms with Crippen LogP contribution in [0.5, 0.6) is 0 Å². The minimum atomic E-state index is -2.76. The van der Waals surface area contributed by atoms with Crippen molar-refractivity contribution >= 4 is 9.84 Å². The van der Waals surface area contributed by atoms with Crippen LogP contribution in [0.1, 0.15) is 19.3 Å². The lowest BCUT2D eigenvalue weighted by atomic mass is 9.91. The fraction of sp³-hybridized carbons (Fsp3) is 1.00. The number of sulfone groups is 1. The Morgan fingerprint density at radius 2 is 2.00 bits per heavy atom. The molecule has 16 heavy (non-hydrogen) atoms. The maximum Gasteiger partial charge on any atom is 0.150 e. The van der Waals surface area contributed by atoms with Gasteiger partial charge in [0.15, 0.2) is 9.84 Å². The monoisotopic (exact) mass is 246 g/mol. The molecule has 0 saturated carbocycles. The highest BCUT2D eigenvalue weighted by Gasteiger charge is 2.34. The van der Waals surface area contributed by atoms with Gasteiger partial charge in [-0.3, -0.25) is 0 Å². The zero-order valence-corrected chi connectivity index (χ0v) is 10.6. The van der Waals surface area contributed by atoms with Gasteiger partial charge in [-0.05, 0) is 50.7 Å². The Bertz CT molecular complexity index is 323. The van der Waals surface area contributed by atoms with Crippen LogP contribution in [-0.4, -0.2) is 51.0 Å². The van der Waals surface area contributed by atoms with Crippen molar-refractivity contribution in [1.29, 1.82) is 0 Å². The van der Waals surface area contributed by atoms with Gasteiger partial charge in [0.05, 0.1) is 11.5 Å². The van der Waals surface area contributed by atoms with E-state index in [1.165, 1.54) is 12.8 Å². The summed E-state index contributed by atoms with van der Waals surface area (Å²) < 4.78 is 22.9. The molecule has 2 heterocycles. The van der Waals surface area contributed by atoms with E-state index in [1.807, 2.05) is 0 Å². The second-order valence-corrected chi connectivity index (χ2v) is 7.40. The number of hydrogen-bond acceptors (Lipinski definition) is 4. The molecule has 2 fully saturated rings. The third kappa shape index (κ3) is 2.96. The Kier molecular flexibility index (Phi) is 3.87. The summed E-state index contributed by atoms with van der Waals surface area (Å²) >= 11 is 0. The van der Waals surface area contributed by atoms with E-state index in [2.05, 4.69) is 4.90 Å². The summed E-state index contributed by atoms with van der Waals surface area (Å²) in [7, 11) is -2.76. The number of nitrogens with two attached hydrogens (primary N) is 1. The first-order chi connectivity index (χ1) is 7.61. The molecule has 0 bridgehead atoms. The molecule has 2 unspecified atom stereocenters. The van der Waals surface area contributed by atoms with Crippen LogP contribution in [0.25, 0.3) is 0 Å². The lowest BCUT2D eigenvalue weighted by molar-refractivity contribution is 0.235. The van der Waals surface area contributed by atoms with Crippen LogP contribution in [0.4, 0.5) is 0 Å². The quantitative estimate of drug-likeness (QED) is 0.764. The zero-order chi connectivity index (χ0) is 11.6. The second-order valence-electron chi connectivity index (χ2n) is 5.17. The number of likely N-dealkylation sites (tertiary alicyclic amines) is 1. The zero-order valence-electron chi connectivity index (χ0n) is 9.77. The highest BCUT2D eigenvalue weighted by atomic mass is 32.2. The topological polar surface area (TPSA) is 63.4 Å². The fourth-order valence-corrected chi connectivity index (χ4v) is 4.83. The Hall–Kier alpha value is -0.130. The standard InChI is InChI=1S/C11H22N2O2S/c12-7-11(8-13-4-1-2-5-13)10-3-6-16(14,15)9-10/h10-11H,1-9,12H2. The van der Waals surface area contributed by atoms with Crippen molar-refractivity contribution in [3.05, 3.63) is 0 Å². The maximum atomic E-state index is 11.4. The van der Waals surface area contributed by atoms with Crippen molar-refractivity contribution < 1.29 is 8.42 Å². The summed E-state index contributed by atoms with van der Waals surface area (Å²) in [5.41, 5.74) is 5.80. The Labute approximate surface area is 98.1 Å². The first-order valence-electron chi connectivity index (χ1n) is 6.23. The SMILES string of the molecule is NCC(CN1CCCC1)C1CCS(=O)(=O)C1. The van der Waals surface area contributed by atoms with Crippen LogP contribution in [0.3, 0.4) is 0 Å². The average molecular weight is 246 g/mol. The van der Waals surface area contributed by atoms with Crippen molar-refractivity contribution in [1.82, 2.24) is 4.90 Å². The molecular weight excluding hydrogens is 224 g/mol. The lowest BCUT2D eigenvalue weighted by Gasteiger charge is -2.26. The molecule has 0 aromatic rings. The third-order valence-corrected chi connectivity index (χ3v) is 5.72. The normalized spacial score (nSPS) is 31.9. The van der Waals surface area contributed by atoms with Crippen LogP contribution in [0.15, 0.2) is 0 Å². The van der Waals surface area contributed by atoms with Crippen molar-refractivity contribution in [2.45, 2.75) is 19.3 Å². The summed E-state index contributed by atoms with van der Waals surface area (Å²) in [6.45, 7) is 3.94. The Balaban J connectivity index is 1.89. The van der Waals surface area contributed by atoms with E-state index in [1.54, 1.807) is 0 Å². The molecule has 4 nitrogen and oxygen atoms in total. The van der Waals surface area contributed by atoms with E-state index in [0.29, 0.717) is 29.9 Å². The van der Waals surface area contributed by atoms with Crippen molar-refractivity contribution in [2.75, 3.05) is 37.7 Å². The summed E-state index contributed by atoms with van der Waals surface area (Å²) in [6, 6.07) is 0. The van der Waals surface area contributed by atoms with Crippen molar-refractivity contribution in [2.24, 2.45) is 17.6 Å². The smallest absolute Gasteiger partial charge is 0.150 e. The van der Waals surface area contributed by atoms with Gasteiger partial charge in [0.25, 0.3) is 0 Å². The highest BCUT2D eigenvalue weighted by Crippen LogP contribution is 2.27. The molecular formula is C11H22N2O2S. The molecule has 2 saturated heterocycles. The van der Waals surface area contributed by atoms with Gasteiger partial charge in [-0.2, -0.15) is 0 Å². The van der Waals surface area contributed by atoms with Crippen LogP contribution < -0.4 is 5.73 Å². The predicted molar refractivity (Wildman–Crippen MR) is 65.0 cm³/mol. The molecule has 2 N–H and O–H groups in total. The predicted octanol–water partition coefficient (Wildman–Crippen LogP) is 0.0918. The van der Waals surface area contributed by atoms with Gasteiger partial charge in [-0.25, -0.2) is 8.42 Å². The summed E-state index contributed by atoms with van der Waals surface area (Å²) in [5.74, 6) is 1.41. The minimum absolute atomic E-state index is 0.301. The minimum Gasteiger partial charge on any atom is -0.330 e. The first-order valence-corrected chi connectivity index (χ1v) is 8.06. The van der Waals surface area contributed by atoms with Gasteiger partial charge in [-0.15, -0.1) is 0 Å². The summed E-state index contributed by atoms with van der Waals surface area (Å²) in [5, 5.41) is 0. The van der Waals surface area contributed by atoms with Gasteiger partial charge in [0.2, 0.25) is 0 Å². The van der Waals surface area contributed by atoms with Crippen LogP contribution in [-0.2, 0) is 9.84 Å². The van der Waals surface area contributed by atoms with E-state index < -0.39 is 9.84 Å². The molecule has 0 aromatic heterocycles. The average Bonchev–Trinajstić information content (AvgIpc) is 2.83. The summed E-state index contributed by atoms with van der Waals surface area (Å²) in [4.78, 5) is 2.43. The molecule has 2 rings (SSSR count). The number of hydrogen-bond donors (Lipinski definition) is 1. The molecule has 2 aliphatic rings.